The number of nitrogens with one attached hydrogen (secondary N) is 1. The van der Waals surface area contributed by atoms with E-state index < -0.39 is 15.6 Å². The molecule has 0 aliphatic heterocycles. The number of carbonyl (C=O) groups is 1. The highest BCUT2D eigenvalue weighted by atomic mass is 32.2. The van der Waals surface area contributed by atoms with Crippen LogP contribution in [-0.4, -0.2) is 37.8 Å². The maximum absolute atomic E-state index is 12.4. The van der Waals surface area contributed by atoms with Gasteiger partial charge in [-0.2, -0.15) is 4.31 Å². The third-order valence-corrected chi connectivity index (χ3v) is 4.44. The van der Waals surface area contributed by atoms with Gasteiger partial charge < -0.3 is 11.1 Å². The minimum absolute atomic E-state index is 0.0889. The van der Waals surface area contributed by atoms with Gasteiger partial charge in [0.05, 0.1) is 11.4 Å². The summed E-state index contributed by atoms with van der Waals surface area (Å²) in [6.45, 7) is 7.02. The minimum atomic E-state index is -3.74. The zero-order valence-electron chi connectivity index (χ0n) is 13.1. The largest absolute Gasteiger partial charge is 0.399 e. The number of rotatable bonds is 4. The number of carbonyl (C=O) groups excluding carboxylic acids is 1. The maximum Gasteiger partial charge on any atom is 0.243 e. The van der Waals surface area contributed by atoms with E-state index in [0.717, 1.165) is 9.87 Å². The van der Waals surface area contributed by atoms with E-state index in [9.17, 15) is 13.2 Å². The van der Waals surface area contributed by atoms with E-state index in [1.54, 1.807) is 13.0 Å². The zero-order valence-corrected chi connectivity index (χ0v) is 13.9. The van der Waals surface area contributed by atoms with Crippen LogP contribution < -0.4 is 11.1 Å². The molecule has 118 valence electrons. The number of amides is 1. The lowest BCUT2D eigenvalue weighted by Gasteiger charge is -2.23. The SMILES string of the molecule is Cc1cc(N)cc(S(=O)(=O)N(C)CC(=O)NC(C)(C)C)c1. The monoisotopic (exact) mass is 313 g/mol. The van der Waals surface area contributed by atoms with Crippen molar-refractivity contribution in [3.63, 3.8) is 0 Å². The zero-order chi connectivity index (χ0) is 16.4. The molecule has 0 saturated heterocycles. The first kappa shape index (κ1) is 17.5. The van der Waals surface area contributed by atoms with E-state index in [1.165, 1.54) is 19.2 Å². The van der Waals surface area contributed by atoms with Crippen LogP contribution in [0.3, 0.4) is 0 Å². The van der Waals surface area contributed by atoms with E-state index in [1.807, 2.05) is 20.8 Å². The summed E-state index contributed by atoms with van der Waals surface area (Å²) in [5, 5.41) is 2.73. The van der Waals surface area contributed by atoms with Crippen molar-refractivity contribution in [3.05, 3.63) is 23.8 Å². The summed E-state index contributed by atoms with van der Waals surface area (Å²) < 4.78 is 25.9. The van der Waals surface area contributed by atoms with Crippen molar-refractivity contribution in [3.8, 4) is 0 Å². The minimum Gasteiger partial charge on any atom is -0.399 e. The lowest BCUT2D eigenvalue weighted by molar-refractivity contribution is -0.122. The fraction of sp³-hybridized carbons (Fsp3) is 0.500. The summed E-state index contributed by atoms with van der Waals surface area (Å²) in [7, 11) is -2.37. The molecule has 1 rings (SSSR count). The molecule has 0 spiro atoms. The molecule has 0 unspecified atom stereocenters. The second-order valence-electron chi connectivity index (χ2n) is 6.14. The Morgan fingerprint density at radius 2 is 1.86 bits per heavy atom. The van der Waals surface area contributed by atoms with Crippen molar-refractivity contribution in [1.29, 1.82) is 0 Å². The van der Waals surface area contributed by atoms with Crippen LogP contribution in [-0.2, 0) is 14.8 Å². The quantitative estimate of drug-likeness (QED) is 0.815. The molecular weight excluding hydrogens is 290 g/mol. The number of nitrogens with two attached hydrogens (primary N) is 1. The van der Waals surface area contributed by atoms with Gasteiger partial charge in [-0.1, -0.05) is 0 Å². The molecule has 1 aromatic rings. The molecule has 21 heavy (non-hydrogen) atoms. The average Bonchev–Trinajstić information content (AvgIpc) is 2.24. The summed E-state index contributed by atoms with van der Waals surface area (Å²) in [6, 6.07) is 4.61. The van der Waals surface area contributed by atoms with Crippen molar-refractivity contribution in [2.24, 2.45) is 0 Å². The van der Waals surface area contributed by atoms with E-state index >= 15 is 0 Å². The Hall–Kier alpha value is -1.60. The molecule has 1 amide bonds. The van der Waals surface area contributed by atoms with Gasteiger partial charge in [0.25, 0.3) is 0 Å². The maximum atomic E-state index is 12.4. The molecule has 6 nitrogen and oxygen atoms in total. The van der Waals surface area contributed by atoms with E-state index in [0.29, 0.717) is 5.69 Å². The Labute approximate surface area is 126 Å². The van der Waals surface area contributed by atoms with Gasteiger partial charge in [0.1, 0.15) is 0 Å². The number of aryl methyl sites for hydroxylation is 1. The summed E-state index contributed by atoms with van der Waals surface area (Å²) in [4.78, 5) is 11.9. The molecule has 0 radical (unpaired) electrons. The normalized spacial score (nSPS) is 12.5. The van der Waals surface area contributed by atoms with Crippen LogP contribution in [0.5, 0.6) is 0 Å². The number of nitrogens with zero attached hydrogens (tertiary/aromatic N) is 1. The number of anilines is 1. The smallest absolute Gasteiger partial charge is 0.243 e. The van der Waals surface area contributed by atoms with E-state index in [2.05, 4.69) is 5.32 Å². The van der Waals surface area contributed by atoms with Crippen molar-refractivity contribution in [2.75, 3.05) is 19.3 Å². The molecule has 1 aromatic carbocycles. The molecule has 0 atom stereocenters. The van der Waals surface area contributed by atoms with Gasteiger partial charge in [0, 0.05) is 18.3 Å². The Bertz CT molecular complexity index is 613. The molecule has 0 saturated carbocycles. The van der Waals surface area contributed by atoms with Crippen molar-refractivity contribution >= 4 is 21.6 Å². The number of nitrogen functional groups attached to an aromatic ring is 1. The van der Waals surface area contributed by atoms with Gasteiger partial charge in [-0.3, -0.25) is 4.79 Å². The molecule has 0 aromatic heterocycles. The van der Waals surface area contributed by atoms with Crippen LogP contribution in [0, 0.1) is 6.92 Å². The molecule has 0 fully saturated rings. The third kappa shape index (κ3) is 5.02. The highest BCUT2D eigenvalue weighted by molar-refractivity contribution is 7.89. The van der Waals surface area contributed by atoms with Crippen LogP contribution in [0.1, 0.15) is 26.3 Å². The molecule has 0 bridgehead atoms. The lowest BCUT2D eigenvalue weighted by atomic mass is 10.1. The Morgan fingerprint density at radius 1 is 1.29 bits per heavy atom. The predicted molar refractivity (Wildman–Crippen MR) is 83.3 cm³/mol. The van der Waals surface area contributed by atoms with E-state index in [-0.39, 0.29) is 17.3 Å². The number of sulfonamides is 1. The van der Waals surface area contributed by atoms with Gasteiger partial charge in [-0.25, -0.2) is 8.42 Å². The van der Waals surface area contributed by atoms with Crippen molar-refractivity contribution in [1.82, 2.24) is 9.62 Å². The highest BCUT2D eigenvalue weighted by Crippen LogP contribution is 2.19. The summed E-state index contributed by atoms with van der Waals surface area (Å²) in [5.41, 5.74) is 6.40. The molecule has 0 heterocycles. The van der Waals surface area contributed by atoms with Crippen molar-refractivity contribution < 1.29 is 13.2 Å². The van der Waals surface area contributed by atoms with Gasteiger partial charge in [0.15, 0.2) is 0 Å². The fourth-order valence-electron chi connectivity index (χ4n) is 1.85. The van der Waals surface area contributed by atoms with Gasteiger partial charge >= 0.3 is 0 Å². The Morgan fingerprint density at radius 3 is 2.33 bits per heavy atom. The van der Waals surface area contributed by atoms with Crippen LogP contribution in [0.2, 0.25) is 0 Å². The van der Waals surface area contributed by atoms with Crippen LogP contribution in [0.25, 0.3) is 0 Å². The first-order chi connectivity index (χ1) is 9.41. The molecular formula is C14H23N3O3S. The highest BCUT2D eigenvalue weighted by Gasteiger charge is 2.25. The lowest BCUT2D eigenvalue weighted by Crippen LogP contribution is -2.46. The summed E-state index contributed by atoms with van der Waals surface area (Å²) in [5.74, 6) is -0.353. The first-order valence-corrected chi connectivity index (χ1v) is 8.00. The molecule has 0 aliphatic carbocycles. The Balaban J connectivity index is 2.94. The molecule has 0 aliphatic rings. The van der Waals surface area contributed by atoms with Gasteiger partial charge in [0.2, 0.25) is 15.9 Å². The Kier molecular flexibility index (Phi) is 5.01. The standard InChI is InChI=1S/C14H23N3O3S/c1-10-6-11(15)8-12(7-10)21(19,20)17(5)9-13(18)16-14(2,3)4/h6-8H,9,15H2,1-5H3,(H,16,18). The van der Waals surface area contributed by atoms with Crippen LogP contribution in [0.15, 0.2) is 23.1 Å². The molecule has 3 N–H and O–H groups in total. The number of hydrogen-bond acceptors (Lipinski definition) is 4. The second kappa shape index (κ2) is 6.03. The number of benzene rings is 1. The second-order valence-corrected chi connectivity index (χ2v) is 8.18. The molecule has 7 heteroatoms. The fourth-order valence-corrected chi connectivity index (χ4v) is 3.12. The summed E-state index contributed by atoms with van der Waals surface area (Å²) in [6.07, 6.45) is 0. The topological polar surface area (TPSA) is 92.5 Å². The number of hydrogen-bond donors (Lipinski definition) is 2. The van der Waals surface area contributed by atoms with Gasteiger partial charge in [-0.05, 0) is 51.5 Å². The number of likely N-dealkylation sites (N-methyl/N-ethyl adjacent to an activating group) is 1. The van der Waals surface area contributed by atoms with Crippen LogP contribution in [0.4, 0.5) is 5.69 Å². The van der Waals surface area contributed by atoms with Crippen LogP contribution >= 0.6 is 0 Å². The van der Waals surface area contributed by atoms with E-state index in [4.69, 9.17) is 5.73 Å². The van der Waals surface area contributed by atoms with Gasteiger partial charge in [-0.15, -0.1) is 0 Å². The average molecular weight is 313 g/mol. The summed E-state index contributed by atoms with van der Waals surface area (Å²) >= 11 is 0. The predicted octanol–water partition coefficient (Wildman–Crippen LogP) is 1.11. The first-order valence-electron chi connectivity index (χ1n) is 6.56. The van der Waals surface area contributed by atoms with Crippen molar-refractivity contribution in [2.45, 2.75) is 38.1 Å². The third-order valence-electron chi connectivity index (χ3n) is 2.66.